The van der Waals surface area contributed by atoms with Gasteiger partial charge in [-0.2, -0.15) is 0 Å². The molecule has 1 amide bonds. The Morgan fingerprint density at radius 1 is 1.33 bits per heavy atom. The van der Waals surface area contributed by atoms with Gasteiger partial charge in [0.1, 0.15) is 0 Å². The van der Waals surface area contributed by atoms with E-state index in [9.17, 15) is 14.7 Å². The summed E-state index contributed by atoms with van der Waals surface area (Å²) in [5.41, 5.74) is 5.80. The molecular weight excluding hydrogens is 232 g/mol. The average molecular weight is 254 g/mol. The van der Waals surface area contributed by atoms with Crippen LogP contribution in [-0.2, 0) is 9.59 Å². The molecular formula is C13H22N2O3. The van der Waals surface area contributed by atoms with Gasteiger partial charge >= 0.3 is 5.97 Å². The topological polar surface area (TPSA) is 83.6 Å². The fraction of sp³-hybridized carbons (Fsp3) is 0.846. The molecule has 0 aromatic carbocycles. The smallest absolute Gasteiger partial charge is 0.307 e. The standard InChI is InChI=1S/C13H22N2O3/c1-2-8-5-10(11(6-8)13(17)18)12(16)15-4-3-9(14)7-15/h8-11H,2-7,14H2,1H3,(H,17,18). The summed E-state index contributed by atoms with van der Waals surface area (Å²) in [5.74, 6) is -1.28. The Bertz CT molecular complexity index is 345. The van der Waals surface area contributed by atoms with Crippen LogP contribution < -0.4 is 5.73 Å². The minimum Gasteiger partial charge on any atom is -0.481 e. The lowest BCUT2D eigenvalue weighted by Crippen LogP contribution is -2.39. The van der Waals surface area contributed by atoms with Crippen molar-refractivity contribution in [3.63, 3.8) is 0 Å². The second kappa shape index (κ2) is 5.26. The van der Waals surface area contributed by atoms with Gasteiger partial charge in [-0.15, -0.1) is 0 Å². The van der Waals surface area contributed by atoms with Crippen LogP contribution in [0.2, 0.25) is 0 Å². The second-order valence-electron chi connectivity index (χ2n) is 5.63. The normalized spacial score (nSPS) is 36.0. The van der Waals surface area contributed by atoms with E-state index in [1.807, 2.05) is 0 Å². The molecule has 4 atom stereocenters. The number of hydrogen-bond acceptors (Lipinski definition) is 3. The predicted molar refractivity (Wildman–Crippen MR) is 66.8 cm³/mol. The Hall–Kier alpha value is -1.10. The van der Waals surface area contributed by atoms with Gasteiger partial charge in [0.25, 0.3) is 0 Å². The monoisotopic (exact) mass is 254 g/mol. The molecule has 1 heterocycles. The van der Waals surface area contributed by atoms with Crippen LogP contribution >= 0.6 is 0 Å². The van der Waals surface area contributed by atoms with Gasteiger partial charge in [0.2, 0.25) is 5.91 Å². The summed E-state index contributed by atoms with van der Waals surface area (Å²) >= 11 is 0. The second-order valence-corrected chi connectivity index (χ2v) is 5.63. The lowest BCUT2D eigenvalue weighted by molar-refractivity contribution is -0.148. The van der Waals surface area contributed by atoms with Crippen LogP contribution in [-0.4, -0.2) is 41.0 Å². The highest BCUT2D eigenvalue weighted by molar-refractivity contribution is 5.85. The van der Waals surface area contributed by atoms with Gasteiger partial charge in [0.05, 0.1) is 11.8 Å². The molecule has 2 rings (SSSR count). The van der Waals surface area contributed by atoms with E-state index in [0.717, 1.165) is 19.3 Å². The van der Waals surface area contributed by atoms with Crippen LogP contribution in [0.5, 0.6) is 0 Å². The third kappa shape index (κ3) is 2.51. The number of carboxylic acids is 1. The maximum absolute atomic E-state index is 12.4. The SMILES string of the molecule is CCC1CC(C(=O)O)C(C(=O)N2CCC(N)C2)C1. The molecule has 0 aromatic heterocycles. The Balaban J connectivity index is 2.05. The van der Waals surface area contributed by atoms with Gasteiger partial charge in [-0.05, 0) is 25.2 Å². The molecule has 1 aliphatic heterocycles. The number of amides is 1. The number of nitrogens with zero attached hydrogens (tertiary/aromatic N) is 1. The van der Waals surface area contributed by atoms with Crippen LogP contribution in [0.1, 0.15) is 32.6 Å². The van der Waals surface area contributed by atoms with E-state index >= 15 is 0 Å². The maximum atomic E-state index is 12.4. The van der Waals surface area contributed by atoms with Crippen LogP contribution in [0, 0.1) is 17.8 Å². The third-order valence-corrected chi connectivity index (χ3v) is 4.41. The minimum absolute atomic E-state index is 0.00583. The number of likely N-dealkylation sites (tertiary alicyclic amines) is 1. The van der Waals surface area contributed by atoms with Crippen molar-refractivity contribution in [2.24, 2.45) is 23.5 Å². The Morgan fingerprint density at radius 2 is 2.00 bits per heavy atom. The van der Waals surface area contributed by atoms with Crippen molar-refractivity contribution in [1.82, 2.24) is 4.90 Å². The minimum atomic E-state index is -0.826. The van der Waals surface area contributed by atoms with Crippen molar-refractivity contribution in [3.05, 3.63) is 0 Å². The van der Waals surface area contributed by atoms with Gasteiger partial charge in [-0.1, -0.05) is 13.3 Å². The molecule has 2 aliphatic rings. The largest absolute Gasteiger partial charge is 0.481 e. The van der Waals surface area contributed by atoms with E-state index in [2.05, 4.69) is 6.92 Å². The van der Waals surface area contributed by atoms with E-state index in [0.29, 0.717) is 25.4 Å². The lowest BCUT2D eigenvalue weighted by atomic mass is 9.95. The zero-order valence-electron chi connectivity index (χ0n) is 10.8. The molecule has 0 spiro atoms. The molecule has 1 saturated carbocycles. The molecule has 1 saturated heterocycles. The highest BCUT2D eigenvalue weighted by Gasteiger charge is 2.44. The number of hydrogen-bond donors (Lipinski definition) is 2. The molecule has 2 fully saturated rings. The molecule has 18 heavy (non-hydrogen) atoms. The summed E-state index contributed by atoms with van der Waals surface area (Å²) in [6.07, 6.45) is 3.14. The summed E-state index contributed by atoms with van der Waals surface area (Å²) in [6, 6.07) is 0.0561. The average Bonchev–Trinajstić information content (AvgIpc) is 2.93. The number of aliphatic carboxylic acids is 1. The Labute approximate surface area is 107 Å². The van der Waals surface area contributed by atoms with Crippen molar-refractivity contribution in [1.29, 1.82) is 0 Å². The molecule has 5 nitrogen and oxygen atoms in total. The van der Waals surface area contributed by atoms with E-state index in [1.165, 1.54) is 0 Å². The molecule has 0 bridgehead atoms. The van der Waals surface area contributed by atoms with Crippen LogP contribution in [0.3, 0.4) is 0 Å². The summed E-state index contributed by atoms with van der Waals surface area (Å²) in [4.78, 5) is 25.4. The van der Waals surface area contributed by atoms with Gasteiger partial charge in [0, 0.05) is 19.1 Å². The Morgan fingerprint density at radius 3 is 2.50 bits per heavy atom. The molecule has 3 N–H and O–H groups in total. The summed E-state index contributed by atoms with van der Waals surface area (Å²) in [6.45, 7) is 3.32. The molecule has 1 aliphatic carbocycles. The van der Waals surface area contributed by atoms with Gasteiger partial charge < -0.3 is 15.7 Å². The highest BCUT2D eigenvalue weighted by Crippen LogP contribution is 2.39. The van der Waals surface area contributed by atoms with E-state index < -0.39 is 11.9 Å². The molecule has 0 aromatic rings. The number of carbonyl (C=O) groups excluding carboxylic acids is 1. The zero-order chi connectivity index (χ0) is 13.3. The maximum Gasteiger partial charge on any atom is 0.307 e. The van der Waals surface area contributed by atoms with Crippen LogP contribution in [0.4, 0.5) is 0 Å². The third-order valence-electron chi connectivity index (χ3n) is 4.41. The van der Waals surface area contributed by atoms with E-state index in [1.54, 1.807) is 4.90 Å². The fourth-order valence-corrected chi connectivity index (χ4v) is 3.24. The number of carboxylic acid groups (broad SMARTS) is 1. The number of nitrogens with two attached hydrogens (primary N) is 1. The van der Waals surface area contributed by atoms with E-state index in [4.69, 9.17) is 5.73 Å². The van der Waals surface area contributed by atoms with Crippen LogP contribution in [0.15, 0.2) is 0 Å². The summed E-state index contributed by atoms with van der Waals surface area (Å²) < 4.78 is 0. The van der Waals surface area contributed by atoms with Crippen molar-refractivity contribution < 1.29 is 14.7 Å². The highest BCUT2D eigenvalue weighted by atomic mass is 16.4. The summed E-state index contributed by atoms with van der Waals surface area (Å²) in [5, 5.41) is 9.25. The molecule has 5 heteroatoms. The van der Waals surface area contributed by atoms with E-state index in [-0.39, 0.29) is 17.9 Å². The van der Waals surface area contributed by atoms with Crippen molar-refractivity contribution in [3.8, 4) is 0 Å². The molecule has 102 valence electrons. The zero-order valence-corrected chi connectivity index (χ0v) is 10.8. The predicted octanol–water partition coefficient (Wildman–Crippen LogP) is 0.683. The quantitative estimate of drug-likeness (QED) is 0.776. The first-order chi connectivity index (χ1) is 8.52. The van der Waals surface area contributed by atoms with Crippen LogP contribution in [0.25, 0.3) is 0 Å². The fourth-order valence-electron chi connectivity index (χ4n) is 3.24. The van der Waals surface area contributed by atoms with Gasteiger partial charge in [-0.3, -0.25) is 9.59 Å². The summed E-state index contributed by atoms with van der Waals surface area (Å²) in [7, 11) is 0. The molecule has 0 radical (unpaired) electrons. The Kier molecular flexibility index (Phi) is 3.90. The van der Waals surface area contributed by atoms with Crippen molar-refractivity contribution >= 4 is 11.9 Å². The van der Waals surface area contributed by atoms with Gasteiger partial charge in [-0.25, -0.2) is 0 Å². The van der Waals surface area contributed by atoms with Crippen molar-refractivity contribution in [2.75, 3.05) is 13.1 Å². The first kappa shape index (κ1) is 13.3. The number of rotatable bonds is 3. The van der Waals surface area contributed by atoms with Gasteiger partial charge in [0.15, 0.2) is 0 Å². The van der Waals surface area contributed by atoms with Crippen molar-refractivity contribution in [2.45, 2.75) is 38.6 Å². The molecule has 4 unspecified atom stereocenters. The first-order valence-corrected chi connectivity index (χ1v) is 6.80. The lowest BCUT2D eigenvalue weighted by Gasteiger charge is -2.22. The number of carbonyl (C=O) groups is 2. The first-order valence-electron chi connectivity index (χ1n) is 6.80.